The van der Waals surface area contributed by atoms with Crippen LogP contribution < -0.4 is 0 Å². The lowest BCUT2D eigenvalue weighted by molar-refractivity contribution is 0.0691. The Morgan fingerprint density at radius 2 is 2.12 bits per heavy atom. The number of aromatic nitrogens is 1. The Morgan fingerprint density at radius 3 is 2.69 bits per heavy atom. The average Bonchev–Trinajstić information content (AvgIpc) is 2.58. The molecule has 2 N–H and O–H groups in total. The third-order valence-electron chi connectivity index (χ3n) is 2.54. The molecule has 0 aliphatic rings. The van der Waals surface area contributed by atoms with Crippen LogP contribution >= 0.6 is 0 Å². The van der Waals surface area contributed by atoms with Crippen molar-refractivity contribution in [3.05, 3.63) is 35.5 Å². The van der Waals surface area contributed by atoms with E-state index in [1.165, 1.54) is 19.9 Å². The van der Waals surface area contributed by atoms with Gasteiger partial charge in [0.05, 0.1) is 0 Å². The molecule has 0 spiro atoms. The lowest BCUT2D eigenvalue weighted by Crippen LogP contribution is -2.08. The van der Waals surface area contributed by atoms with Gasteiger partial charge in [-0.3, -0.25) is 0 Å². The van der Waals surface area contributed by atoms with E-state index >= 15 is 0 Å². The molecule has 0 fully saturated rings. The summed E-state index contributed by atoms with van der Waals surface area (Å²) in [6, 6.07) is 6.58. The molecule has 0 saturated carbocycles. The number of rotatable bonds is 2. The quantitative estimate of drug-likeness (QED) is 0.818. The maximum absolute atomic E-state index is 13.9. The first-order chi connectivity index (χ1) is 7.39. The molecule has 2 rings (SSSR count). The second kappa shape index (κ2) is 3.33. The molecule has 0 amide bonds. The predicted octanol–water partition coefficient (Wildman–Crippen LogP) is 3.07. The normalized spacial score (nSPS) is 11.9. The van der Waals surface area contributed by atoms with Crippen LogP contribution in [0.5, 0.6) is 0 Å². The molecular weight excluding hydrogens is 209 g/mol. The van der Waals surface area contributed by atoms with E-state index < -0.39 is 11.6 Å². The largest absolute Gasteiger partial charge is 0.477 e. The summed E-state index contributed by atoms with van der Waals surface area (Å²) in [7, 11) is 0. The number of fused-ring (bicyclic) bond motifs is 1. The summed E-state index contributed by atoms with van der Waals surface area (Å²) in [6.45, 7) is 2.91. The van der Waals surface area contributed by atoms with E-state index in [0.29, 0.717) is 16.5 Å². The lowest BCUT2D eigenvalue weighted by Gasteiger charge is -2.15. The van der Waals surface area contributed by atoms with E-state index in [4.69, 9.17) is 5.11 Å². The van der Waals surface area contributed by atoms with Crippen molar-refractivity contribution in [1.29, 1.82) is 0 Å². The van der Waals surface area contributed by atoms with E-state index in [2.05, 4.69) is 4.98 Å². The standard InChI is InChI=1S/C12H12FNO2/c1-12(2,13)8-4-3-5-9-7(8)6-10(14-9)11(15)16/h3-6,14H,1-2H3,(H,15,16). The van der Waals surface area contributed by atoms with Gasteiger partial charge < -0.3 is 10.1 Å². The number of benzene rings is 1. The summed E-state index contributed by atoms with van der Waals surface area (Å²) in [4.78, 5) is 13.5. The molecule has 0 atom stereocenters. The van der Waals surface area contributed by atoms with Crippen molar-refractivity contribution < 1.29 is 14.3 Å². The van der Waals surface area contributed by atoms with Crippen LogP contribution in [0.15, 0.2) is 24.3 Å². The minimum absolute atomic E-state index is 0.0756. The predicted molar refractivity (Wildman–Crippen MR) is 59.4 cm³/mol. The number of carboxylic acid groups (broad SMARTS) is 1. The second-order valence-electron chi connectivity index (χ2n) is 4.23. The van der Waals surface area contributed by atoms with Crippen molar-refractivity contribution in [2.45, 2.75) is 19.5 Å². The van der Waals surface area contributed by atoms with Crippen molar-refractivity contribution in [2.24, 2.45) is 0 Å². The highest BCUT2D eigenvalue weighted by Gasteiger charge is 2.22. The third-order valence-corrected chi connectivity index (χ3v) is 2.54. The minimum Gasteiger partial charge on any atom is -0.477 e. The molecule has 1 aromatic carbocycles. The SMILES string of the molecule is CC(C)(F)c1cccc2[nH]c(C(=O)O)cc12. The maximum atomic E-state index is 13.9. The smallest absolute Gasteiger partial charge is 0.352 e. The van der Waals surface area contributed by atoms with Gasteiger partial charge in [0.2, 0.25) is 0 Å². The highest BCUT2D eigenvalue weighted by atomic mass is 19.1. The summed E-state index contributed by atoms with van der Waals surface area (Å²) in [5, 5.41) is 9.47. The number of aromatic carboxylic acids is 1. The van der Waals surface area contributed by atoms with Gasteiger partial charge in [0.15, 0.2) is 0 Å². The molecule has 0 aliphatic heterocycles. The monoisotopic (exact) mass is 221 g/mol. The number of hydrogen-bond acceptors (Lipinski definition) is 1. The first-order valence-electron chi connectivity index (χ1n) is 4.94. The van der Waals surface area contributed by atoms with E-state index in [0.717, 1.165) is 0 Å². The average molecular weight is 221 g/mol. The lowest BCUT2D eigenvalue weighted by atomic mass is 9.96. The van der Waals surface area contributed by atoms with E-state index in [-0.39, 0.29) is 5.69 Å². The zero-order valence-corrected chi connectivity index (χ0v) is 9.04. The Morgan fingerprint density at radius 1 is 1.44 bits per heavy atom. The summed E-state index contributed by atoms with van der Waals surface area (Å²) >= 11 is 0. The van der Waals surface area contributed by atoms with Gasteiger partial charge in [-0.05, 0) is 31.5 Å². The number of halogens is 1. The van der Waals surface area contributed by atoms with Crippen molar-refractivity contribution >= 4 is 16.9 Å². The molecule has 4 heteroatoms. The molecule has 16 heavy (non-hydrogen) atoms. The molecular formula is C12H12FNO2. The Kier molecular flexibility index (Phi) is 2.22. The van der Waals surface area contributed by atoms with Crippen molar-refractivity contribution in [2.75, 3.05) is 0 Å². The zero-order valence-electron chi connectivity index (χ0n) is 9.04. The zero-order chi connectivity index (χ0) is 11.9. The highest BCUT2D eigenvalue weighted by Crippen LogP contribution is 2.31. The maximum Gasteiger partial charge on any atom is 0.352 e. The Labute approximate surface area is 91.9 Å². The van der Waals surface area contributed by atoms with E-state index in [1.807, 2.05) is 0 Å². The molecule has 2 aromatic rings. The molecule has 84 valence electrons. The molecule has 0 bridgehead atoms. The fraction of sp³-hybridized carbons (Fsp3) is 0.250. The van der Waals surface area contributed by atoms with Crippen LogP contribution in [0.3, 0.4) is 0 Å². The van der Waals surface area contributed by atoms with E-state index in [9.17, 15) is 9.18 Å². The topological polar surface area (TPSA) is 53.1 Å². The number of H-pyrrole nitrogens is 1. The summed E-state index contributed by atoms with van der Waals surface area (Å²) in [5.74, 6) is -1.04. The second-order valence-corrected chi connectivity index (χ2v) is 4.23. The van der Waals surface area contributed by atoms with Crippen LogP contribution in [0.1, 0.15) is 29.9 Å². The van der Waals surface area contributed by atoms with Crippen molar-refractivity contribution in [3.63, 3.8) is 0 Å². The number of hydrogen-bond donors (Lipinski definition) is 2. The van der Waals surface area contributed by atoms with E-state index in [1.54, 1.807) is 18.2 Å². The van der Waals surface area contributed by atoms with Gasteiger partial charge in [0.1, 0.15) is 11.4 Å². The number of nitrogens with one attached hydrogen (secondary N) is 1. The Bertz CT molecular complexity index is 552. The number of alkyl halides is 1. The van der Waals surface area contributed by atoms with Crippen molar-refractivity contribution in [1.82, 2.24) is 4.98 Å². The Hall–Kier alpha value is -1.84. The van der Waals surface area contributed by atoms with Crippen LogP contribution in [-0.2, 0) is 5.67 Å². The minimum atomic E-state index is -1.49. The number of aromatic amines is 1. The number of carbonyl (C=O) groups is 1. The van der Waals surface area contributed by atoms with Crippen molar-refractivity contribution in [3.8, 4) is 0 Å². The summed E-state index contributed by atoms with van der Waals surface area (Å²) in [6.07, 6.45) is 0. The van der Waals surface area contributed by atoms with Crippen LogP contribution in [0.2, 0.25) is 0 Å². The van der Waals surface area contributed by atoms with Crippen LogP contribution in [0, 0.1) is 0 Å². The summed E-state index contributed by atoms with van der Waals surface area (Å²) in [5.41, 5.74) is -0.279. The third kappa shape index (κ3) is 1.66. The van der Waals surface area contributed by atoms with Crippen LogP contribution in [0.25, 0.3) is 10.9 Å². The molecule has 1 aromatic heterocycles. The molecule has 3 nitrogen and oxygen atoms in total. The van der Waals surface area contributed by atoms with Gasteiger partial charge >= 0.3 is 5.97 Å². The first kappa shape index (κ1) is 10.7. The fourth-order valence-electron chi connectivity index (χ4n) is 1.79. The van der Waals surface area contributed by atoms with Gasteiger partial charge in [0, 0.05) is 10.9 Å². The van der Waals surface area contributed by atoms with Gasteiger partial charge in [-0.1, -0.05) is 12.1 Å². The van der Waals surface area contributed by atoms with Gasteiger partial charge in [-0.25, -0.2) is 9.18 Å². The number of carboxylic acids is 1. The molecule has 1 heterocycles. The Balaban J connectivity index is 2.73. The molecule has 0 aliphatic carbocycles. The van der Waals surface area contributed by atoms with Crippen LogP contribution in [-0.4, -0.2) is 16.1 Å². The fourth-order valence-corrected chi connectivity index (χ4v) is 1.79. The molecule has 0 saturated heterocycles. The molecule has 0 radical (unpaired) electrons. The van der Waals surface area contributed by atoms with Gasteiger partial charge in [0.25, 0.3) is 0 Å². The van der Waals surface area contributed by atoms with Gasteiger partial charge in [-0.15, -0.1) is 0 Å². The molecule has 0 unspecified atom stereocenters. The van der Waals surface area contributed by atoms with Crippen LogP contribution in [0.4, 0.5) is 4.39 Å². The highest BCUT2D eigenvalue weighted by molar-refractivity contribution is 5.95. The first-order valence-corrected chi connectivity index (χ1v) is 4.94. The van der Waals surface area contributed by atoms with Gasteiger partial charge in [-0.2, -0.15) is 0 Å². The summed E-state index contributed by atoms with van der Waals surface area (Å²) < 4.78 is 13.9.